The quantitative estimate of drug-likeness (QED) is 0.880. The van der Waals surface area contributed by atoms with Gasteiger partial charge in [-0.2, -0.15) is 0 Å². The molecule has 2 N–H and O–H groups in total. The Morgan fingerprint density at radius 3 is 2.48 bits per heavy atom. The molecule has 4 nitrogen and oxygen atoms in total. The fraction of sp³-hybridized carbons (Fsp3) is 0.562. The standard InChI is InChI=1S/C16H21FN2O2/c1-16(2,3)21-15(20)19-14-12-8-11(18-12)13(14)9-4-6-10(17)7-5-9/h4-7,11-14,18H,8H2,1-3H3,(H,19,20). The predicted molar refractivity (Wildman–Crippen MR) is 77.6 cm³/mol. The van der Waals surface area contributed by atoms with E-state index in [9.17, 15) is 9.18 Å². The average Bonchev–Trinajstić information content (AvgIpc) is 2.80. The summed E-state index contributed by atoms with van der Waals surface area (Å²) in [5.74, 6) is -0.0724. The molecule has 0 spiro atoms. The lowest BCUT2D eigenvalue weighted by atomic mass is 9.93. The second kappa shape index (κ2) is 4.98. The lowest BCUT2D eigenvalue weighted by Crippen LogP contribution is -2.50. The van der Waals surface area contributed by atoms with Crippen molar-refractivity contribution in [3.63, 3.8) is 0 Å². The SMILES string of the molecule is CC(C)(C)OC(=O)NC1C2CC(N2)C1c1ccc(F)cc1. The predicted octanol–water partition coefficient (Wildman–Crippen LogP) is 2.55. The second-order valence-corrected chi connectivity index (χ2v) is 6.86. The van der Waals surface area contributed by atoms with E-state index >= 15 is 0 Å². The van der Waals surface area contributed by atoms with Crippen LogP contribution < -0.4 is 10.6 Å². The van der Waals surface area contributed by atoms with E-state index in [1.165, 1.54) is 12.1 Å². The highest BCUT2D eigenvalue weighted by atomic mass is 19.1. The first kappa shape index (κ1) is 14.3. The van der Waals surface area contributed by atoms with Crippen molar-refractivity contribution in [1.82, 2.24) is 10.6 Å². The summed E-state index contributed by atoms with van der Waals surface area (Å²) in [4.78, 5) is 12.0. The minimum absolute atomic E-state index is 0.00434. The molecule has 21 heavy (non-hydrogen) atoms. The molecule has 2 heterocycles. The molecule has 1 aliphatic carbocycles. The number of fused-ring (bicyclic) bond motifs is 1. The maximum absolute atomic E-state index is 13.1. The van der Waals surface area contributed by atoms with Gasteiger partial charge in [0.15, 0.2) is 0 Å². The zero-order chi connectivity index (χ0) is 15.2. The van der Waals surface area contributed by atoms with Gasteiger partial charge in [0.05, 0.1) is 6.04 Å². The van der Waals surface area contributed by atoms with Gasteiger partial charge < -0.3 is 15.4 Å². The third-order valence-corrected chi connectivity index (χ3v) is 4.13. The molecule has 0 radical (unpaired) electrons. The number of alkyl carbamates (subject to hydrolysis) is 1. The van der Waals surface area contributed by atoms with E-state index < -0.39 is 11.7 Å². The summed E-state index contributed by atoms with van der Waals surface area (Å²) in [6.45, 7) is 5.53. The summed E-state index contributed by atoms with van der Waals surface area (Å²) in [7, 11) is 0. The van der Waals surface area contributed by atoms with Gasteiger partial charge in [-0.1, -0.05) is 12.1 Å². The van der Waals surface area contributed by atoms with E-state index in [1.807, 2.05) is 20.8 Å². The minimum atomic E-state index is -0.509. The number of carbonyl (C=O) groups is 1. The van der Waals surface area contributed by atoms with Gasteiger partial charge >= 0.3 is 6.09 Å². The third kappa shape index (κ3) is 2.88. The zero-order valence-corrected chi connectivity index (χ0v) is 12.5. The van der Waals surface area contributed by atoms with E-state index in [-0.39, 0.29) is 23.8 Å². The van der Waals surface area contributed by atoms with E-state index in [1.54, 1.807) is 12.1 Å². The van der Waals surface area contributed by atoms with Crippen LogP contribution in [0.3, 0.4) is 0 Å². The number of hydrogen-bond acceptors (Lipinski definition) is 3. The molecular formula is C16H21FN2O2. The molecule has 1 saturated carbocycles. The van der Waals surface area contributed by atoms with Crippen molar-refractivity contribution in [2.45, 2.75) is 56.8 Å². The Morgan fingerprint density at radius 2 is 1.90 bits per heavy atom. The fourth-order valence-corrected chi connectivity index (χ4v) is 3.28. The van der Waals surface area contributed by atoms with Crippen molar-refractivity contribution in [2.75, 3.05) is 0 Å². The van der Waals surface area contributed by atoms with Gasteiger partial charge in [0.25, 0.3) is 0 Å². The molecule has 2 aliphatic heterocycles. The van der Waals surface area contributed by atoms with Crippen LogP contribution in [0, 0.1) is 5.82 Å². The zero-order valence-electron chi connectivity index (χ0n) is 12.5. The number of ether oxygens (including phenoxy) is 1. The van der Waals surface area contributed by atoms with Crippen molar-refractivity contribution in [3.05, 3.63) is 35.6 Å². The number of nitrogens with one attached hydrogen (secondary N) is 2. The van der Waals surface area contributed by atoms with Gasteiger partial charge in [0.1, 0.15) is 11.4 Å². The molecule has 1 aromatic rings. The summed E-state index contributed by atoms with van der Waals surface area (Å²) in [6, 6.07) is 7.15. The van der Waals surface area contributed by atoms with Crippen LogP contribution in [-0.2, 0) is 4.74 Å². The molecule has 2 bridgehead atoms. The van der Waals surface area contributed by atoms with E-state index in [0.717, 1.165) is 12.0 Å². The van der Waals surface area contributed by atoms with Gasteiger partial charge in [-0.05, 0) is 44.9 Å². The minimum Gasteiger partial charge on any atom is -0.444 e. The Labute approximate surface area is 124 Å². The largest absolute Gasteiger partial charge is 0.444 e. The smallest absolute Gasteiger partial charge is 0.407 e. The first-order chi connectivity index (χ1) is 9.83. The topological polar surface area (TPSA) is 50.4 Å². The molecule has 3 fully saturated rings. The Bertz CT molecular complexity index is 532. The van der Waals surface area contributed by atoms with Gasteiger partial charge in [-0.25, -0.2) is 9.18 Å². The first-order valence-electron chi connectivity index (χ1n) is 7.34. The molecule has 114 valence electrons. The highest BCUT2D eigenvalue weighted by Crippen LogP contribution is 2.42. The molecule has 2 saturated heterocycles. The third-order valence-electron chi connectivity index (χ3n) is 4.13. The van der Waals surface area contributed by atoms with Crippen molar-refractivity contribution in [3.8, 4) is 0 Å². The normalized spacial score (nSPS) is 30.7. The first-order valence-corrected chi connectivity index (χ1v) is 7.34. The van der Waals surface area contributed by atoms with Crippen molar-refractivity contribution < 1.29 is 13.9 Å². The summed E-state index contributed by atoms with van der Waals surface area (Å²) in [6.07, 6.45) is 0.636. The van der Waals surface area contributed by atoms with Crippen LogP contribution in [0.25, 0.3) is 0 Å². The van der Waals surface area contributed by atoms with Crippen LogP contribution in [0.2, 0.25) is 0 Å². The molecule has 5 heteroatoms. The molecule has 4 atom stereocenters. The fourth-order valence-electron chi connectivity index (χ4n) is 3.28. The summed E-state index contributed by atoms with van der Waals surface area (Å²) >= 11 is 0. The van der Waals surface area contributed by atoms with Crippen molar-refractivity contribution >= 4 is 6.09 Å². The highest BCUT2D eigenvalue weighted by Gasteiger charge is 2.53. The van der Waals surface area contributed by atoms with Gasteiger partial charge in [-0.15, -0.1) is 0 Å². The number of hydrogen-bond donors (Lipinski definition) is 2. The van der Waals surface area contributed by atoms with Crippen molar-refractivity contribution in [2.24, 2.45) is 0 Å². The van der Waals surface area contributed by atoms with Crippen molar-refractivity contribution in [1.29, 1.82) is 0 Å². The summed E-state index contributed by atoms with van der Waals surface area (Å²) in [5.41, 5.74) is 0.541. The number of benzene rings is 1. The van der Waals surface area contributed by atoms with Crippen LogP contribution in [0.1, 0.15) is 38.7 Å². The monoisotopic (exact) mass is 292 g/mol. The average molecular weight is 292 g/mol. The summed E-state index contributed by atoms with van der Waals surface area (Å²) < 4.78 is 18.4. The number of carbonyl (C=O) groups excluding carboxylic acids is 1. The maximum atomic E-state index is 13.1. The lowest BCUT2D eigenvalue weighted by molar-refractivity contribution is 0.0499. The van der Waals surface area contributed by atoms with E-state index in [4.69, 9.17) is 4.74 Å². The maximum Gasteiger partial charge on any atom is 0.407 e. The van der Waals surface area contributed by atoms with Crippen LogP contribution in [0.15, 0.2) is 24.3 Å². The number of rotatable bonds is 2. The van der Waals surface area contributed by atoms with Gasteiger partial charge in [-0.3, -0.25) is 0 Å². The van der Waals surface area contributed by atoms with E-state index in [0.29, 0.717) is 6.04 Å². The van der Waals surface area contributed by atoms with Crippen LogP contribution in [-0.4, -0.2) is 29.8 Å². The van der Waals surface area contributed by atoms with Gasteiger partial charge in [0, 0.05) is 18.0 Å². The van der Waals surface area contributed by atoms with Crippen LogP contribution >= 0.6 is 0 Å². The Kier molecular flexibility index (Phi) is 3.40. The molecule has 3 aliphatic rings. The molecule has 1 aromatic carbocycles. The lowest BCUT2D eigenvalue weighted by Gasteiger charge is -2.27. The molecule has 4 unspecified atom stereocenters. The highest BCUT2D eigenvalue weighted by molar-refractivity contribution is 5.69. The molecule has 4 rings (SSSR count). The van der Waals surface area contributed by atoms with Crippen LogP contribution in [0.4, 0.5) is 9.18 Å². The molecular weight excluding hydrogens is 271 g/mol. The number of amides is 1. The Morgan fingerprint density at radius 1 is 1.29 bits per heavy atom. The Balaban J connectivity index is 1.72. The number of halogens is 1. The van der Waals surface area contributed by atoms with Crippen LogP contribution in [0.5, 0.6) is 0 Å². The van der Waals surface area contributed by atoms with Gasteiger partial charge in [0.2, 0.25) is 0 Å². The summed E-state index contributed by atoms with van der Waals surface area (Å²) in [5, 5.41) is 6.41. The molecule has 1 amide bonds. The van der Waals surface area contributed by atoms with E-state index in [2.05, 4.69) is 10.6 Å². The second-order valence-electron chi connectivity index (χ2n) is 6.86. The Hall–Kier alpha value is -1.62. The molecule has 0 aromatic heterocycles.